The van der Waals surface area contributed by atoms with E-state index >= 15 is 0 Å². The van der Waals surface area contributed by atoms with Gasteiger partial charge in [0.15, 0.2) is 11.5 Å². The highest BCUT2D eigenvalue weighted by Crippen LogP contribution is 2.48. The number of nitrogens with zero attached hydrogens (tertiary/aromatic N) is 4. The molecule has 194 valence electrons. The Morgan fingerprint density at radius 2 is 2.08 bits per heavy atom. The van der Waals surface area contributed by atoms with Crippen LogP contribution in [0.4, 0.5) is 17.5 Å². The van der Waals surface area contributed by atoms with Gasteiger partial charge in [-0.1, -0.05) is 38.3 Å². The van der Waals surface area contributed by atoms with Gasteiger partial charge >= 0.3 is 0 Å². The van der Waals surface area contributed by atoms with Crippen LogP contribution < -0.4 is 15.4 Å². The zero-order chi connectivity index (χ0) is 25.4. The first kappa shape index (κ1) is 23.9. The molecule has 3 aliphatic rings. The van der Waals surface area contributed by atoms with Crippen molar-refractivity contribution in [1.82, 2.24) is 24.8 Å². The number of fused-ring (bicyclic) bond motifs is 1. The van der Waals surface area contributed by atoms with Crippen LogP contribution in [-0.4, -0.2) is 63.4 Å². The molecule has 2 atom stereocenters. The summed E-state index contributed by atoms with van der Waals surface area (Å²) in [6.45, 7) is 3.90. The molecule has 3 aromatic rings. The summed E-state index contributed by atoms with van der Waals surface area (Å²) in [4.78, 5) is 30.7. The Balaban J connectivity index is 1.20. The molecule has 2 unspecified atom stereocenters. The zero-order valence-corrected chi connectivity index (χ0v) is 21.6. The van der Waals surface area contributed by atoms with Crippen LogP contribution in [0.3, 0.4) is 0 Å². The highest BCUT2D eigenvalue weighted by Gasteiger charge is 2.53. The van der Waals surface area contributed by atoms with Crippen molar-refractivity contribution >= 4 is 40.5 Å². The Kier molecular flexibility index (Phi) is 6.32. The van der Waals surface area contributed by atoms with Gasteiger partial charge in [0.2, 0.25) is 5.95 Å². The molecule has 0 spiro atoms. The molecule has 0 radical (unpaired) electrons. The number of hydrogen-bond donors (Lipinski definition) is 3. The molecule has 1 aliphatic heterocycles. The number of aromatic amines is 1. The largest absolute Gasteiger partial charge is 0.495 e. The summed E-state index contributed by atoms with van der Waals surface area (Å²) in [5, 5.41) is 6.97. The lowest BCUT2D eigenvalue weighted by molar-refractivity contribution is -0.112. The van der Waals surface area contributed by atoms with E-state index in [9.17, 15) is 4.79 Å². The first-order chi connectivity index (χ1) is 18.1. The predicted octanol–water partition coefficient (Wildman–Crippen LogP) is 4.92. The van der Waals surface area contributed by atoms with Crippen LogP contribution in [0.15, 0.2) is 30.6 Å². The molecule has 2 aliphatic carbocycles. The lowest BCUT2D eigenvalue weighted by Crippen LogP contribution is -2.33. The molecule has 1 aromatic carbocycles. The maximum absolute atomic E-state index is 11.3. The summed E-state index contributed by atoms with van der Waals surface area (Å²) in [6.07, 6.45) is 13.1. The summed E-state index contributed by atoms with van der Waals surface area (Å²) in [5.41, 5.74) is 4.57. The lowest BCUT2D eigenvalue weighted by atomic mass is 9.95. The summed E-state index contributed by atoms with van der Waals surface area (Å²) in [6, 6.07) is 7.02. The summed E-state index contributed by atoms with van der Waals surface area (Å²) < 4.78 is 5.75. The van der Waals surface area contributed by atoms with E-state index < -0.39 is 0 Å². The van der Waals surface area contributed by atoms with E-state index in [1.807, 2.05) is 6.07 Å². The number of ether oxygens (including phenoxy) is 1. The van der Waals surface area contributed by atoms with Crippen molar-refractivity contribution in [1.29, 1.82) is 0 Å². The molecule has 3 heterocycles. The lowest BCUT2D eigenvalue weighted by Gasteiger charge is -2.28. The van der Waals surface area contributed by atoms with Crippen molar-refractivity contribution in [2.75, 3.05) is 30.8 Å². The Morgan fingerprint density at radius 1 is 1.22 bits per heavy atom. The second kappa shape index (κ2) is 9.78. The minimum atomic E-state index is -0.158. The van der Waals surface area contributed by atoms with E-state index in [0.29, 0.717) is 23.7 Å². The third kappa shape index (κ3) is 4.80. The second-order valence-electron chi connectivity index (χ2n) is 10.8. The number of methoxy groups -OCH3 is 1. The van der Waals surface area contributed by atoms with Gasteiger partial charge in [-0.25, -0.2) is 4.98 Å². The van der Waals surface area contributed by atoms with E-state index in [-0.39, 0.29) is 5.41 Å². The number of benzene rings is 1. The SMILES string of the molecule is COc1cc(C2=CCN(C3CC3(C)C=O)CC2)ccc1Nc1nc(NC2CCCCC2)c2[nH]cnc2n1. The van der Waals surface area contributed by atoms with Crippen LogP contribution in [0.5, 0.6) is 5.75 Å². The fraction of sp³-hybridized carbons (Fsp3) is 0.500. The van der Waals surface area contributed by atoms with Gasteiger partial charge in [0.25, 0.3) is 0 Å². The van der Waals surface area contributed by atoms with Crippen molar-refractivity contribution in [2.45, 2.75) is 64.0 Å². The number of aldehydes is 1. The zero-order valence-electron chi connectivity index (χ0n) is 21.6. The van der Waals surface area contributed by atoms with Crippen molar-refractivity contribution < 1.29 is 9.53 Å². The van der Waals surface area contributed by atoms with Gasteiger partial charge in [0, 0.05) is 30.6 Å². The molecule has 9 nitrogen and oxygen atoms in total. The fourth-order valence-electron chi connectivity index (χ4n) is 5.81. The van der Waals surface area contributed by atoms with Gasteiger partial charge < -0.3 is 25.1 Å². The molecule has 0 saturated heterocycles. The molecule has 6 rings (SSSR count). The van der Waals surface area contributed by atoms with Gasteiger partial charge in [0.05, 0.1) is 19.1 Å². The van der Waals surface area contributed by atoms with E-state index in [4.69, 9.17) is 9.72 Å². The Morgan fingerprint density at radius 3 is 2.81 bits per heavy atom. The quantitative estimate of drug-likeness (QED) is 0.374. The van der Waals surface area contributed by atoms with Gasteiger partial charge in [-0.3, -0.25) is 4.90 Å². The number of rotatable bonds is 8. The maximum Gasteiger partial charge on any atom is 0.231 e. The number of nitrogens with one attached hydrogen (secondary N) is 3. The second-order valence-corrected chi connectivity index (χ2v) is 10.8. The topological polar surface area (TPSA) is 108 Å². The Bertz CT molecular complexity index is 1330. The fourth-order valence-corrected chi connectivity index (χ4v) is 5.81. The van der Waals surface area contributed by atoms with Gasteiger partial charge in [-0.2, -0.15) is 9.97 Å². The van der Waals surface area contributed by atoms with Crippen LogP contribution in [0.2, 0.25) is 0 Å². The highest BCUT2D eigenvalue weighted by molar-refractivity contribution is 5.84. The van der Waals surface area contributed by atoms with Gasteiger partial charge in [0.1, 0.15) is 17.6 Å². The number of carbonyl (C=O) groups excluding carboxylic acids is 1. The molecule has 9 heteroatoms. The number of carbonyl (C=O) groups is 1. The molecule has 0 amide bonds. The smallest absolute Gasteiger partial charge is 0.231 e. The summed E-state index contributed by atoms with van der Waals surface area (Å²) in [5.74, 6) is 2.01. The van der Waals surface area contributed by atoms with Crippen molar-refractivity contribution in [3.05, 3.63) is 36.2 Å². The molecule has 2 fully saturated rings. The van der Waals surface area contributed by atoms with Crippen LogP contribution in [0.1, 0.15) is 57.4 Å². The minimum Gasteiger partial charge on any atom is -0.495 e. The number of anilines is 3. The average Bonchev–Trinajstić information content (AvgIpc) is 3.39. The van der Waals surface area contributed by atoms with E-state index in [2.05, 4.69) is 55.6 Å². The van der Waals surface area contributed by atoms with Crippen LogP contribution in [0.25, 0.3) is 16.7 Å². The van der Waals surface area contributed by atoms with Crippen molar-refractivity contribution in [3.63, 3.8) is 0 Å². The van der Waals surface area contributed by atoms with Crippen LogP contribution in [-0.2, 0) is 4.79 Å². The molecule has 3 N–H and O–H groups in total. The Labute approximate surface area is 217 Å². The third-order valence-corrected chi connectivity index (χ3v) is 8.24. The number of hydrogen-bond acceptors (Lipinski definition) is 8. The molecule has 2 saturated carbocycles. The Hall–Kier alpha value is -3.46. The molecular weight excluding hydrogens is 466 g/mol. The first-order valence-corrected chi connectivity index (χ1v) is 13.4. The number of aromatic nitrogens is 4. The molecular formula is C28H35N7O2. The van der Waals surface area contributed by atoms with Crippen molar-refractivity contribution in [3.8, 4) is 5.75 Å². The number of imidazole rings is 1. The maximum atomic E-state index is 11.3. The predicted molar refractivity (Wildman–Crippen MR) is 145 cm³/mol. The third-order valence-electron chi connectivity index (χ3n) is 8.24. The van der Waals surface area contributed by atoms with Gasteiger partial charge in [-0.05, 0) is 49.0 Å². The summed E-state index contributed by atoms with van der Waals surface area (Å²) >= 11 is 0. The minimum absolute atomic E-state index is 0.158. The first-order valence-electron chi connectivity index (χ1n) is 13.4. The monoisotopic (exact) mass is 501 g/mol. The summed E-state index contributed by atoms with van der Waals surface area (Å²) in [7, 11) is 1.68. The standard InChI is InChI=1S/C28H35N7O2/c1-28(16-36)15-23(28)35-12-10-18(11-13-35)19-8-9-21(22(14-19)37-2)32-27-33-25-24(29-17-30-25)26(34-27)31-20-6-4-3-5-7-20/h8-10,14,16-17,20,23H,3-7,11-13,15H2,1-2H3,(H3,29,30,31,32,33,34). The number of H-pyrrole nitrogens is 1. The molecule has 37 heavy (non-hydrogen) atoms. The van der Waals surface area contributed by atoms with E-state index in [1.165, 1.54) is 24.8 Å². The normalized spacial score (nSPS) is 24.5. The van der Waals surface area contributed by atoms with E-state index in [1.54, 1.807) is 13.4 Å². The van der Waals surface area contributed by atoms with Gasteiger partial charge in [-0.15, -0.1) is 0 Å². The van der Waals surface area contributed by atoms with Crippen LogP contribution in [0, 0.1) is 5.41 Å². The van der Waals surface area contributed by atoms with Crippen molar-refractivity contribution in [2.24, 2.45) is 5.41 Å². The van der Waals surface area contributed by atoms with E-state index in [0.717, 1.165) is 73.4 Å². The average molecular weight is 502 g/mol. The highest BCUT2D eigenvalue weighted by atomic mass is 16.5. The van der Waals surface area contributed by atoms with Crippen LogP contribution >= 0.6 is 0 Å². The molecule has 2 aromatic heterocycles. The molecule has 0 bridgehead atoms.